The molecule has 0 spiro atoms. The second-order valence-electron chi connectivity index (χ2n) is 8.89. The van der Waals surface area contributed by atoms with Gasteiger partial charge in [0.15, 0.2) is 0 Å². The van der Waals surface area contributed by atoms with Gasteiger partial charge in [0.05, 0.1) is 19.8 Å². The molecule has 170 valence electrons. The number of benzene rings is 1. The molecule has 0 atom stereocenters. The van der Waals surface area contributed by atoms with Crippen LogP contribution in [0.4, 0.5) is 5.69 Å². The number of carbonyl (C=O) groups excluding carboxylic acids is 2. The van der Waals surface area contributed by atoms with Gasteiger partial charge in [-0.3, -0.25) is 14.5 Å². The quantitative estimate of drug-likeness (QED) is 0.644. The van der Waals surface area contributed by atoms with Gasteiger partial charge in [-0.25, -0.2) is 0 Å². The van der Waals surface area contributed by atoms with Crippen LogP contribution < -0.4 is 10.1 Å². The average molecular weight is 430 g/mol. The molecule has 0 aromatic heterocycles. The van der Waals surface area contributed by atoms with Crippen LogP contribution >= 0.6 is 0 Å². The molecule has 3 heterocycles. The maximum Gasteiger partial charge on any atom is 0.224 e. The zero-order valence-corrected chi connectivity index (χ0v) is 18.4. The molecule has 31 heavy (non-hydrogen) atoms. The van der Waals surface area contributed by atoms with Crippen LogP contribution in [0.3, 0.4) is 0 Å². The minimum atomic E-state index is 0.0702. The van der Waals surface area contributed by atoms with Crippen molar-refractivity contribution in [3.05, 3.63) is 23.8 Å². The zero-order valence-electron chi connectivity index (χ0n) is 18.4. The van der Waals surface area contributed by atoms with Crippen molar-refractivity contribution in [2.24, 2.45) is 5.92 Å². The van der Waals surface area contributed by atoms with Crippen molar-refractivity contribution in [2.45, 2.75) is 44.9 Å². The van der Waals surface area contributed by atoms with Crippen molar-refractivity contribution in [3.8, 4) is 5.75 Å². The number of anilines is 1. The summed E-state index contributed by atoms with van der Waals surface area (Å²) in [4.78, 5) is 28.5. The summed E-state index contributed by atoms with van der Waals surface area (Å²) in [5.74, 6) is 1.87. The van der Waals surface area contributed by atoms with Gasteiger partial charge in [-0.15, -0.1) is 0 Å². The second kappa shape index (κ2) is 11.0. The van der Waals surface area contributed by atoms with Gasteiger partial charge >= 0.3 is 0 Å². The van der Waals surface area contributed by atoms with Crippen LogP contribution in [-0.2, 0) is 20.7 Å². The lowest BCUT2D eigenvalue weighted by atomic mass is 9.93. The average Bonchev–Trinajstić information content (AvgIpc) is 2.81. The molecule has 0 unspecified atom stereocenters. The Morgan fingerprint density at radius 3 is 2.74 bits per heavy atom. The fourth-order valence-corrected chi connectivity index (χ4v) is 4.68. The predicted molar refractivity (Wildman–Crippen MR) is 119 cm³/mol. The standard InChI is InChI=1S/C24H35N3O4/c28-23-6-3-20-18-21(4-5-22(20)25-23)31-15-1-2-24(29)27-11-8-19(9-12-27)7-10-26-13-16-30-17-14-26/h4-5,18-19H,1-3,6-17H2,(H,25,28). The first-order valence-electron chi connectivity index (χ1n) is 11.8. The second-order valence-corrected chi connectivity index (χ2v) is 8.89. The molecule has 2 fully saturated rings. The number of hydrogen-bond acceptors (Lipinski definition) is 5. The number of amides is 2. The van der Waals surface area contributed by atoms with E-state index in [-0.39, 0.29) is 11.8 Å². The summed E-state index contributed by atoms with van der Waals surface area (Å²) in [6.07, 6.45) is 6.02. The summed E-state index contributed by atoms with van der Waals surface area (Å²) < 4.78 is 11.3. The van der Waals surface area contributed by atoms with E-state index in [9.17, 15) is 9.59 Å². The highest BCUT2D eigenvalue weighted by molar-refractivity contribution is 5.94. The number of aryl methyl sites for hydroxylation is 1. The molecular formula is C24H35N3O4. The predicted octanol–water partition coefficient (Wildman–Crippen LogP) is 2.69. The molecule has 4 rings (SSSR count). The molecular weight excluding hydrogens is 394 g/mol. The van der Waals surface area contributed by atoms with Gasteiger partial charge in [0, 0.05) is 44.7 Å². The number of nitrogens with zero attached hydrogens (tertiary/aromatic N) is 2. The number of morpholine rings is 1. The molecule has 1 N–H and O–H groups in total. The smallest absolute Gasteiger partial charge is 0.224 e. The lowest BCUT2D eigenvalue weighted by Gasteiger charge is -2.34. The molecule has 1 aromatic rings. The topological polar surface area (TPSA) is 71.1 Å². The van der Waals surface area contributed by atoms with Gasteiger partial charge < -0.3 is 19.7 Å². The van der Waals surface area contributed by atoms with Gasteiger partial charge in [0.25, 0.3) is 0 Å². The SMILES string of the molecule is O=C1CCc2cc(OCCCC(=O)N3CCC(CCN4CCOCC4)CC3)ccc2N1. The van der Waals surface area contributed by atoms with Crippen LogP contribution in [0.2, 0.25) is 0 Å². The fourth-order valence-electron chi connectivity index (χ4n) is 4.68. The van der Waals surface area contributed by atoms with Gasteiger partial charge in [-0.1, -0.05) is 0 Å². The number of fused-ring (bicyclic) bond motifs is 1. The van der Waals surface area contributed by atoms with E-state index in [1.165, 1.54) is 6.42 Å². The number of carbonyl (C=O) groups is 2. The van der Waals surface area contributed by atoms with Crippen molar-refractivity contribution in [2.75, 3.05) is 57.9 Å². The summed E-state index contributed by atoms with van der Waals surface area (Å²) in [5, 5.41) is 2.88. The van der Waals surface area contributed by atoms with E-state index in [4.69, 9.17) is 9.47 Å². The Bertz CT molecular complexity index is 755. The molecule has 0 radical (unpaired) electrons. The molecule has 3 aliphatic rings. The Morgan fingerprint density at radius 1 is 1.13 bits per heavy atom. The van der Waals surface area contributed by atoms with E-state index in [0.29, 0.717) is 19.4 Å². The summed E-state index contributed by atoms with van der Waals surface area (Å²) in [6.45, 7) is 7.32. The minimum Gasteiger partial charge on any atom is -0.494 e. The Balaban J connectivity index is 1.10. The zero-order chi connectivity index (χ0) is 21.5. The van der Waals surface area contributed by atoms with E-state index in [2.05, 4.69) is 10.2 Å². The van der Waals surface area contributed by atoms with Crippen LogP contribution in [0.1, 0.15) is 44.1 Å². The summed E-state index contributed by atoms with van der Waals surface area (Å²) >= 11 is 0. The normalized spacial score (nSPS) is 20.3. The van der Waals surface area contributed by atoms with E-state index < -0.39 is 0 Å². The third-order valence-electron chi connectivity index (χ3n) is 6.70. The first-order chi connectivity index (χ1) is 15.2. The van der Waals surface area contributed by atoms with Crippen LogP contribution in [0.15, 0.2) is 18.2 Å². The molecule has 3 aliphatic heterocycles. The van der Waals surface area contributed by atoms with Crippen LogP contribution in [0.25, 0.3) is 0 Å². The number of rotatable bonds is 8. The van der Waals surface area contributed by atoms with Crippen molar-refractivity contribution in [3.63, 3.8) is 0 Å². The number of nitrogens with one attached hydrogen (secondary N) is 1. The molecule has 0 aliphatic carbocycles. The van der Waals surface area contributed by atoms with Crippen LogP contribution in [-0.4, -0.2) is 74.2 Å². The maximum atomic E-state index is 12.6. The van der Waals surface area contributed by atoms with Crippen LogP contribution in [0, 0.1) is 5.92 Å². The molecule has 2 amide bonds. The Morgan fingerprint density at radius 2 is 1.94 bits per heavy atom. The minimum absolute atomic E-state index is 0.0702. The summed E-state index contributed by atoms with van der Waals surface area (Å²) in [5.41, 5.74) is 2.00. The fraction of sp³-hybridized carbons (Fsp3) is 0.667. The highest BCUT2D eigenvalue weighted by Gasteiger charge is 2.23. The van der Waals surface area contributed by atoms with Gasteiger partial charge in [0.1, 0.15) is 5.75 Å². The van der Waals surface area contributed by atoms with Crippen LogP contribution in [0.5, 0.6) is 5.75 Å². The van der Waals surface area contributed by atoms with Crippen molar-refractivity contribution in [1.29, 1.82) is 0 Å². The van der Waals surface area contributed by atoms with E-state index >= 15 is 0 Å². The third kappa shape index (κ3) is 6.43. The largest absolute Gasteiger partial charge is 0.494 e. The molecule has 0 saturated carbocycles. The van der Waals surface area contributed by atoms with E-state index in [1.54, 1.807) is 0 Å². The maximum absolute atomic E-state index is 12.6. The van der Waals surface area contributed by atoms with Gasteiger partial charge in [0.2, 0.25) is 11.8 Å². The molecule has 0 bridgehead atoms. The number of hydrogen-bond donors (Lipinski definition) is 1. The van der Waals surface area contributed by atoms with Crippen molar-refractivity contribution < 1.29 is 19.1 Å². The summed E-state index contributed by atoms with van der Waals surface area (Å²) in [6, 6.07) is 5.78. The first-order valence-corrected chi connectivity index (χ1v) is 11.8. The molecule has 2 saturated heterocycles. The number of piperidine rings is 1. The highest BCUT2D eigenvalue weighted by atomic mass is 16.5. The molecule has 7 nitrogen and oxygen atoms in total. The van der Waals surface area contributed by atoms with Gasteiger partial charge in [-0.05, 0) is 68.3 Å². The van der Waals surface area contributed by atoms with E-state index in [1.807, 2.05) is 23.1 Å². The Labute approximate surface area is 185 Å². The lowest BCUT2D eigenvalue weighted by Crippen LogP contribution is -2.40. The van der Waals surface area contributed by atoms with Gasteiger partial charge in [-0.2, -0.15) is 0 Å². The lowest BCUT2D eigenvalue weighted by molar-refractivity contribution is -0.132. The number of likely N-dealkylation sites (tertiary alicyclic amines) is 1. The third-order valence-corrected chi connectivity index (χ3v) is 6.70. The first kappa shape index (κ1) is 22.1. The number of ether oxygens (including phenoxy) is 2. The highest BCUT2D eigenvalue weighted by Crippen LogP contribution is 2.27. The summed E-state index contributed by atoms with van der Waals surface area (Å²) in [7, 11) is 0. The molecule has 1 aromatic carbocycles. The van der Waals surface area contributed by atoms with Crippen molar-refractivity contribution in [1.82, 2.24) is 9.80 Å². The Kier molecular flexibility index (Phi) is 7.81. The Hall–Kier alpha value is -2.12. The molecule has 7 heteroatoms. The van der Waals surface area contributed by atoms with Crippen molar-refractivity contribution >= 4 is 17.5 Å². The monoisotopic (exact) mass is 429 g/mol. The van der Waals surface area contributed by atoms with E-state index in [0.717, 1.165) is 94.5 Å².